The van der Waals surface area contributed by atoms with Crippen molar-refractivity contribution in [3.05, 3.63) is 76.0 Å². The highest BCUT2D eigenvalue weighted by atomic mass is 32.1. The molecular formula is C21H23N7O2S. The molecule has 3 aromatic rings. The van der Waals surface area contributed by atoms with Crippen LogP contribution in [0, 0.1) is 0 Å². The number of aromatic amines is 1. The molecule has 0 aliphatic rings. The van der Waals surface area contributed by atoms with Gasteiger partial charge in [-0.1, -0.05) is 19.2 Å². The van der Waals surface area contributed by atoms with Crippen LogP contribution in [0.2, 0.25) is 0 Å². The quantitative estimate of drug-likeness (QED) is 0.338. The molecule has 0 fully saturated rings. The molecule has 0 radical (unpaired) electrons. The maximum absolute atomic E-state index is 12.3. The van der Waals surface area contributed by atoms with E-state index in [0.29, 0.717) is 25.2 Å². The van der Waals surface area contributed by atoms with Gasteiger partial charge in [0.15, 0.2) is 0 Å². The monoisotopic (exact) mass is 437 g/mol. The highest BCUT2D eigenvalue weighted by molar-refractivity contribution is 7.09. The van der Waals surface area contributed by atoms with Gasteiger partial charge in [0.2, 0.25) is 0 Å². The lowest BCUT2D eigenvalue weighted by molar-refractivity contribution is 0.0944. The third-order valence-electron chi connectivity index (χ3n) is 4.33. The van der Waals surface area contributed by atoms with E-state index in [1.807, 2.05) is 0 Å². The van der Waals surface area contributed by atoms with Gasteiger partial charge in [0, 0.05) is 31.1 Å². The first kappa shape index (κ1) is 22.1. The molecule has 160 valence electrons. The Balaban J connectivity index is 1.43. The molecule has 0 bridgehead atoms. The number of imidazole rings is 1. The summed E-state index contributed by atoms with van der Waals surface area (Å²) in [5, 5.41) is 8.69. The Morgan fingerprint density at radius 3 is 2.65 bits per heavy atom. The second kappa shape index (κ2) is 10.4. The summed E-state index contributed by atoms with van der Waals surface area (Å²) in [6.45, 7) is 9.04. The van der Waals surface area contributed by atoms with E-state index in [0.717, 1.165) is 27.8 Å². The van der Waals surface area contributed by atoms with E-state index < -0.39 is 5.91 Å². The van der Waals surface area contributed by atoms with E-state index in [2.05, 4.69) is 43.7 Å². The summed E-state index contributed by atoms with van der Waals surface area (Å²) in [4.78, 5) is 39.3. The maximum Gasteiger partial charge on any atom is 0.271 e. The standard InChI is InChI=1S/C21H23N7O2S/c1-3-14-15(4-2)27-18(26-14)11-23-8-7-19-28-17(12-31-19)21(30)25-10-13-5-6-16(20(22)29)24-9-13/h3-6,9,12,23H,1-2,7-8,10-11H2,(H2,22,29)(H,25,30)(H,26,27). The molecule has 31 heavy (non-hydrogen) atoms. The molecule has 3 heterocycles. The van der Waals surface area contributed by atoms with Crippen molar-refractivity contribution in [3.8, 4) is 0 Å². The van der Waals surface area contributed by atoms with E-state index >= 15 is 0 Å². The number of amides is 2. The van der Waals surface area contributed by atoms with Crippen LogP contribution < -0.4 is 16.4 Å². The fraction of sp³-hybridized carbons (Fsp3) is 0.190. The van der Waals surface area contributed by atoms with Crippen molar-refractivity contribution in [1.29, 1.82) is 0 Å². The number of nitrogens with two attached hydrogens (primary N) is 1. The van der Waals surface area contributed by atoms with Gasteiger partial charge in [0.25, 0.3) is 11.8 Å². The highest BCUT2D eigenvalue weighted by Crippen LogP contribution is 2.11. The smallest absolute Gasteiger partial charge is 0.271 e. The Hall–Kier alpha value is -3.63. The molecule has 10 heteroatoms. The van der Waals surface area contributed by atoms with E-state index in [-0.39, 0.29) is 18.1 Å². The van der Waals surface area contributed by atoms with Crippen LogP contribution >= 0.6 is 11.3 Å². The molecule has 3 rings (SSSR count). The van der Waals surface area contributed by atoms with Crippen LogP contribution in [0.3, 0.4) is 0 Å². The van der Waals surface area contributed by atoms with Gasteiger partial charge < -0.3 is 21.4 Å². The molecule has 0 aromatic carbocycles. The van der Waals surface area contributed by atoms with Gasteiger partial charge >= 0.3 is 0 Å². The normalized spacial score (nSPS) is 10.6. The Morgan fingerprint density at radius 2 is 2.00 bits per heavy atom. The largest absolute Gasteiger partial charge is 0.364 e. The number of pyridine rings is 1. The van der Waals surface area contributed by atoms with Gasteiger partial charge in [-0.25, -0.2) is 9.97 Å². The van der Waals surface area contributed by atoms with Crippen molar-refractivity contribution < 1.29 is 9.59 Å². The van der Waals surface area contributed by atoms with Crippen molar-refractivity contribution in [2.24, 2.45) is 5.73 Å². The number of primary amides is 1. The van der Waals surface area contributed by atoms with Gasteiger partial charge in [0.05, 0.1) is 22.9 Å². The van der Waals surface area contributed by atoms with Crippen LogP contribution in [0.15, 0.2) is 36.9 Å². The van der Waals surface area contributed by atoms with Gasteiger partial charge in [-0.2, -0.15) is 0 Å². The fourth-order valence-corrected chi connectivity index (χ4v) is 3.51. The third-order valence-corrected chi connectivity index (χ3v) is 5.24. The number of hydrogen-bond acceptors (Lipinski definition) is 7. The van der Waals surface area contributed by atoms with E-state index in [9.17, 15) is 9.59 Å². The summed E-state index contributed by atoms with van der Waals surface area (Å²) in [5.41, 5.74) is 8.11. The summed E-state index contributed by atoms with van der Waals surface area (Å²) < 4.78 is 0. The number of nitrogens with zero attached hydrogens (tertiary/aromatic N) is 3. The number of thiazole rings is 1. The fourth-order valence-electron chi connectivity index (χ4n) is 2.73. The SMILES string of the molecule is C=Cc1nc(CNCCc2nc(C(=O)NCc3ccc(C(N)=O)nc3)cs2)[nH]c1C=C. The lowest BCUT2D eigenvalue weighted by Gasteiger charge is -2.04. The van der Waals surface area contributed by atoms with E-state index in [4.69, 9.17) is 5.73 Å². The van der Waals surface area contributed by atoms with Crippen LogP contribution in [0.5, 0.6) is 0 Å². The van der Waals surface area contributed by atoms with Crippen LogP contribution in [-0.2, 0) is 19.5 Å². The first-order chi connectivity index (χ1) is 15.0. The first-order valence-electron chi connectivity index (χ1n) is 9.52. The van der Waals surface area contributed by atoms with E-state index in [1.165, 1.54) is 23.6 Å². The predicted molar refractivity (Wildman–Crippen MR) is 120 cm³/mol. The summed E-state index contributed by atoms with van der Waals surface area (Å²) in [7, 11) is 0. The highest BCUT2D eigenvalue weighted by Gasteiger charge is 2.11. The zero-order chi connectivity index (χ0) is 22.2. The zero-order valence-electron chi connectivity index (χ0n) is 16.9. The molecule has 5 N–H and O–H groups in total. The third kappa shape index (κ3) is 5.93. The van der Waals surface area contributed by atoms with Gasteiger partial charge in [-0.05, 0) is 23.8 Å². The Labute approximate surface area is 183 Å². The predicted octanol–water partition coefficient (Wildman–Crippen LogP) is 1.91. The van der Waals surface area contributed by atoms with Crippen LogP contribution in [0.4, 0.5) is 0 Å². The Bertz CT molecular complexity index is 1060. The minimum Gasteiger partial charge on any atom is -0.364 e. The van der Waals surface area contributed by atoms with E-state index in [1.54, 1.807) is 23.6 Å². The lowest BCUT2D eigenvalue weighted by Crippen LogP contribution is -2.23. The zero-order valence-corrected chi connectivity index (χ0v) is 17.7. The molecular weight excluding hydrogens is 414 g/mol. The van der Waals surface area contributed by atoms with Crippen molar-refractivity contribution >= 4 is 35.3 Å². The Kier molecular flexibility index (Phi) is 7.41. The second-order valence-corrected chi connectivity index (χ2v) is 7.49. The topological polar surface area (TPSA) is 139 Å². The molecule has 0 spiro atoms. The molecule has 9 nitrogen and oxygen atoms in total. The summed E-state index contributed by atoms with van der Waals surface area (Å²) in [5.74, 6) is -0.0476. The molecule has 0 saturated heterocycles. The number of nitrogens with one attached hydrogen (secondary N) is 3. The average Bonchev–Trinajstić information content (AvgIpc) is 3.42. The van der Waals surface area contributed by atoms with Gasteiger partial charge in [-0.3, -0.25) is 14.6 Å². The number of carbonyl (C=O) groups is 2. The number of carbonyl (C=O) groups excluding carboxylic acids is 2. The molecule has 0 unspecified atom stereocenters. The van der Waals surface area contributed by atoms with Crippen molar-refractivity contribution in [1.82, 2.24) is 30.6 Å². The van der Waals surface area contributed by atoms with Crippen molar-refractivity contribution in [2.45, 2.75) is 19.5 Å². The van der Waals surface area contributed by atoms with Gasteiger partial charge in [-0.15, -0.1) is 11.3 Å². The van der Waals surface area contributed by atoms with Crippen LogP contribution in [-0.4, -0.2) is 38.3 Å². The number of rotatable bonds is 11. The number of hydrogen-bond donors (Lipinski definition) is 4. The number of H-pyrrole nitrogens is 1. The maximum atomic E-state index is 12.3. The molecule has 2 amide bonds. The van der Waals surface area contributed by atoms with Crippen LogP contribution in [0.25, 0.3) is 12.2 Å². The molecule has 3 aromatic heterocycles. The summed E-state index contributed by atoms with van der Waals surface area (Å²) >= 11 is 1.44. The molecule has 0 aliphatic carbocycles. The average molecular weight is 438 g/mol. The van der Waals surface area contributed by atoms with Crippen LogP contribution in [0.1, 0.15) is 48.8 Å². The molecule has 0 saturated carbocycles. The minimum absolute atomic E-state index is 0.183. The second-order valence-electron chi connectivity index (χ2n) is 6.54. The van der Waals surface area contributed by atoms with Gasteiger partial charge in [0.1, 0.15) is 17.2 Å². The number of aromatic nitrogens is 4. The minimum atomic E-state index is -0.590. The Morgan fingerprint density at radius 1 is 1.16 bits per heavy atom. The summed E-state index contributed by atoms with van der Waals surface area (Å²) in [6, 6.07) is 3.22. The summed E-state index contributed by atoms with van der Waals surface area (Å²) in [6.07, 6.45) is 5.60. The van der Waals surface area contributed by atoms with Crippen molar-refractivity contribution in [3.63, 3.8) is 0 Å². The molecule has 0 atom stereocenters. The molecule has 0 aliphatic heterocycles. The first-order valence-corrected chi connectivity index (χ1v) is 10.4. The lowest BCUT2D eigenvalue weighted by atomic mass is 10.2. The van der Waals surface area contributed by atoms with Crippen molar-refractivity contribution in [2.75, 3.05) is 6.54 Å².